The summed E-state index contributed by atoms with van der Waals surface area (Å²) in [5.41, 5.74) is 0. The van der Waals surface area contributed by atoms with Gasteiger partial charge in [-0.15, -0.1) is 0 Å². The van der Waals surface area contributed by atoms with E-state index in [1.54, 1.807) is 0 Å². The number of nitrogens with one attached hydrogen (secondary N) is 1. The summed E-state index contributed by atoms with van der Waals surface area (Å²) in [5.74, 6) is 2.02. The summed E-state index contributed by atoms with van der Waals surface area (Å²) in [5, 5.41) is 3.45. The van der Waals surface area contributed by atoms with Crippen LogP contribution in [0.3, 0.4) is 0 Å². The van der Waals surface area contributed by atoms with Crippen LogP contribution in [0.2, 0.25) is 0 Å². The van der Waals surface area contributed by atoms with E-state index in [-0.39, 0.29) is 0 Å². The maximum Gasteiger partial charge on any atom is 0.117 e. The minimum atomic E-state index is 0.584. The van der Waals surface area contributed by atoms with Crippen LogP contribution in [-0.2, 0) is 6.54 Å². The lowest BCUT2D eigenvalue weighted by Crippen LogP contribution is -2.24. The summed E-state index contributed by atoms with van der Waals surface area (Å²) in [6.07, 6.45) is 3.81. The molecule has 0 fully saturated rings. The van der Waals surface area contributed by atoms with E-state index in [9.17, 15) is 0 Å². The van der Waals surface area contributed by atoms with Gasteiger partial charge in [0.2, 0.25) is 0 Å². The van der Waals surface area contributed by atoms with Crippen LogP contribution in [0.4, 0.5) is 0 Å². The molecule has 2 heteroatoms. The Bertz CT molecular complexity index is 255. The van der Waals surface area contributed by atoms with Crippen LogP contribution >= 0.6 is 0 Å². The van der Waals surface area contributed by atoms with Crippen LogP contribution in [0.25, 0.3) is 0 Å². The second-order valence-corrected chi connectivity index (χ2v) is 3.94. The first kappa shape index (κ1) is 11.3. The topological polar surface area (TPSA) is 25.2 Å². The largest absolute Gasteiger partial charge is 0.465 e. The summed E-state index contributed by atoms with van der Waals surface area (Å²) in [6, 6.07) is 4.63. The molecule has 1 aromatic heterocycles. The average molecular weight is 195 g/mol. The number of furan rings is 1. The Hall–Kier alpha value is -0.760. The molecule has 1 heterocycles. The maximum atomic E-state index is 5.48. The summed E-state index contributed by atoms with van der Waals surface area (Å²) < 4.78 is 5.48. The molecule has 0 spiro atoms. The monoisotopic (exact) mass is 195 g/mol. The van der Waals surface area contributed by atoms with Gasteiger partial charge in [-0.3, -0.25) is 0 Å². The van der Waals surface area contributed by atoms with Gasteiger partial charge in [-0.05, 0) is 32.4 Å². The molecule has 14 heavy (non-hydrogen) atoms. The van der Waals surface area contributed by atoms with Gasteiger partial charge in [0.25, 0.3) is 0 Å². The zero-order valence-electron chi connectivity index (χ0n) is 9.47. The number of hydrogen-bond donors (Lipinski definition) is 1. The first-order chi connectivity index (χ1) is 6.72. The fourth-order valence-corrected chi connectivity index (χ4v) is 1.47. The minimum absolute atomic E-state index is 0.584. The second kappa shape index (κ2) is 5.86. The Morgan fingerprint density at radius 1 is 1.43 bits per heavy atom. The molecule has 0 aliphatic rings. The van der Waals surface area contributed by atoms with Crippen LogP contribution in [0.1, 0.15) is 44.6 Å². The molecule has 0 amide bonds. The third-order valence-electron chi connectivity index (χ3n) is 2.41. The molecule has 0 aromatic carbocycles. The summed E-state index contributed by atoms with van der Waals surface area (Å²) in [4.78, 5) is 0. The van der Waals surface area contributed by atoms with Crippen molar-refractivity contribution in [1.29, 1.82) is 0 Å². The molecule has 1 aromatic rings. The molecule has 0 aliphatic heterocycles. The van der Waals surface area contributed by atoms with E-state index in [2.05, 4.69) is 19.2 Å². The van der Waals surface area contributed by atoms with E-state index < -0.39 is 0 Å². The number of aryl methyl sites for hydroxylation is 1. The summed E-state index contributed by atoms with van der Waals surface area (Å²) >= 11 is 0. The van der Waals surface area contributed by atoms with Crippen molar-refractivity contribution < 1.29 is 4.42 Å². The van der Waals surface area contributed by atoms with Gasteiger partial charge in [0.1, 0.15) is 11.5 Å². The van der Waals surface area contributed by atoms with Crippen molar-refractivity contribution in [2.75, 3.05) is 0 Å². The zero-order chi connectivity index (χ0) is 10.4. The van der Waals surface area contributed by atoms with Crippen LogP contribution in [-0.4, -0.2) is 6.04 Å². The molecule has 0 saturated heterocycles. The summed E-state index contributed by atoms with van der Waals surface area (Å²) in [7, 11) is 0. The quantitative estimate of drug-likeness (QED) is 0.753. The van der Waals surface area contributed by atoms with Gasteiger partial charge in [-0.2, -0.15) is 0 Å². The highest BCUT2D eigenvalue weighted by atomic mass is 16.3. The first-order valence-electron chi connectivity index (χ1n) is 5.51. The SMILES string of the molecule is CCCCC(C)NCc1ccc(C)o1. The third-order valence-corrected chi connectivity index (χ3v) is 2.41. The Morgan fingerprint density at radius 2 is 2.21 bits per heavy atom. The van der Waals surface area contributed by atoms with Crippen molar-refractivity contribution in [1.82, 2.24) is 5.32 Å². The van der Waals surface area contributed by atoms with Crippen LogP contribution < -0.4 is 5.32 Å². The number of unbranched alkanes of at least 4 members (excludes halogenated alkanes) is 1. The molecule has 1 N–H and O–H groups in total. The van der Waals surface area contributed by atoms with E-state index in [0.717, 1.165) is 18.1 Å². The highest BCUT2D eigenvalue weighted by molar-refractivity contribution is 5.05. The molecule has 80 valence electrons. The Morgan fingerprint density at radius 3 is 2.79 bits per heavy atom. The molecular formula is C12H21NO. The molecule has 1 atom stereocenters. The highest BCUT2D eigenvalue weighted by Gasteiger charge is 2.02. The Balaban J connectivity index is 2.20. The number of hydrogen-bond acceptors (Lipinski definition) is 2. The molecular weight excluding hydrogens is 174 g/mol. The van der Waals surface area contributed by atoms with Crippen LogP contribution in [0.15, 0.2) is 16.5 Å². The van der Waals surface area contributed by atoms with Crippen molar-refractivity contribution in [2.45, 2.75) is 52.6 Å². The minimum Gasteiger partial charge on any atom is -0.465 e. The van der Waals surface area contributed by atoms with Crippen LogP contribution in [0, 0.1) is 6.92 Å². The Kier molecular flexibility index (Phi) is 4.74. The molecule has 0 radical (unpaired) electrons. The van der Waals surface area contributed by atoms with Gasteiger partial charge in [0.05, 0.1) is 6.54 Å². The first-order valence-corrected chi connectivity index (χ1v) is 5.51. The molecule has 0 bridgehead atoms. The van der Waals surface area contributed by atoms with E-state index >= 15 is 0 Å². The third kappa shape index (κ3) is 3.97. The van der Waals surface area contributed by atoms with Crippen LogP contribution in [0.5, 0.6) is 0 Å². The Labute approximate surface area is 86.7 Å². The molecule has 0 saturated carbocycles. The highest BCUT2D eigenvalue weighted by Crippen LogP contribution is 2.07. The van der Waals surface area contributed by atoms with E-state index in [1.807, 2.05) is 19.1 Å². The lowest BCUT2D eigenvalue weighted by Gasteiger charge is -2.11. The summed E-state index contributed by atoms with van der Waals surface area (Å²) in [6.45, 7) is 7.27. The molecule has 2 nitrogen and oxygen atoms in total. The van der Waals surface area contributed by atoms with Crippen molar-refractivity contribution in [2.24, 2.45) is 0 Å². The van der Waals surface area contributed by atoms with Gasteiger partial charge in [-0.25, -0.2) is 0 Å². The zero-order valence-corrected chi connectivity index (χ0v) is 9.47. The van der Waals surface area contributed by atoms with Crippen molar-refractivity contribution >= 4 is 0 Å². The van der Waals surface area contributed by atoms with Crippen molar-refractivity contribution in [3.05, 3.63) is 23.7 Å². The fourth-order valence-electron chi connectivity index (χ4n) is 1.47. The van der Waals surface area contributed by atoms with E-state index in [0.29, 0.717) is 6.04 Å². The standard InChI is InChI=1S/C12H21NO/c1-4-5-6-10(2)13-9-12-8-7-11(3)14-12/h7-8,10,13H,4-6,9H2,1-3H3. The molecule has 0 aliphatic carbocycles. The van der Waals surface area contributed by atoms with Crippen molar-refractivity contribution in [3.63, 3.8) is 0 Å². The van der Waals surface area contributed by atoms with Crippen molar-refractivity contribution in [3.8, 4) is 0 Å². The van der Waals surface area contributed by atoms with Gasteiger partial charge in [0.15, 0.2) is 0 Å². The smallest absolute Gasteiger partial charge is 0.117 e. The maximum absolute atomic E-state index is 5.48. The fraction of sp³-hybridized carbons (Fsp3) is 0.667. The number of rotatable bonds is 6. The van der Waals surface area contributed by atoms with Gasteiger partial charge >= 0.3 is 0 Å². The van der Waals surface area contributed by atoms with E-state index in [4.69, 9.17) is 4.42 Å². The van der Waals surface area contributed by atoms with Gasteiger partial charge < -0.3 is 9.73 Å². The average Bonchev–Trinajstić information content (AvgIpc) is 2.58. The molecule has 1 rings (SSSR count). The van der Waals surface area contributed by atoms with E-state index in [1.165, 1.54) is 19.3 Å². The predicted octanol–water partition coefficient (Wildman–Crippen LogP) is 3.26. The second-order valence-electron chi connectivity index (χ2n) is 3.94. The predicted molar refractivity (Wildman–Crippen MR) is 59.3 cm³/mol. The molecule has 1 unspecified atom stereocenters. The van der Waals surface area contributed by atoms with Gasteiger partial charge in [0, 0.05) is 6.04 Å². The normalized spacial score (nSPS) is 13.1. The van der Waals surface area contributed by atoms with Gasteiger partial charge in [-0.1, -0.05) is 19.8 Å². The lowest BCUT2D eigenvalue weighted by atomic mass is 10.1. The lowest BCUT2D eigenvalue weighted by molar-refractivity contribution is 0.426.